The van der Waals surface area contributed by atoms with Crippen LogP contribution in [0.4, 0.5) is 5.82 Å². The Kier molecular flexibility index (Phi) is 30.9. The first-order valence-corrected chi connectivity index (χ1v) is 43.4. The molecule has 2 unspecified atom stereocenters. The van der Waals surface area contributed by atoms with Gasteiger partial charge < -0.3 is 52.9 Å². The Labute approximate surface area is 705 Å². The minimum atomic E-state index is -0.135. The van der Waals surface area contributed by atoms with Gasteiger partial charge in [0.05, 0.1) is 61.7 Å². The number of hydrogen-bond acceptors (Lipinski definition) is 18. The van der Waals surface area contributed by atoms with Crippen molar-refractivity contribution in [2.24, 2.45) is 21.1 Å². The fraction of sp³-hybridized carbons (Fsp3) is 0.531. The lowest BCUT2D eigenvalue weighted by molar-refractivity contribution is -0.118. The molecule has 119 heavy (non-hydrogen) atoms. The lowest BCUT2D eigenvalue weighted by Crippen LogP contribution is -2.38. The Hall–Kier alpha value is -9.72. The fourth-order valence-corrected chi connectivity index (χ4v) is 18.1. The number of benzene rings is 3. The van der Waals surface area contributed by atoms with Crippen LogP contribution in [0.3, 0.4) is 0 Å². The van der Waals surface area contributed by atoms with Crippen molar-refractivity contribution in [1.82, 2.24) is 44.3 Å². The molecular formula is C98H127N11O10. The molecule has 0 spiro atoms. The topological polar surface area (TPSA) is 244 Å². The first kappa shape index (κ1) is 88.6. The van der Waals surface area contributed by atoms with Gasteiger partial charge >= 0.3 is 0 Å². The number of carbonyl (C=O) groups is 3. The number of pyridine rings is 3. The Morgan fingerprint density at radius 2 is 0.882 bits per heavy atom. The first-order valence-electron chi connectivity index (χ1n) is 43.4. The molecule has 0 bridgehead atoms. The summed E-state index contributed by atoms with van der Waals surface area (Å²) >= 11 is 0. The molecule has 634 valence electrons. The van der Waals surface area contributed by atoms with Gasteiger partial charge in [-0.2, -0.15) is 20.6 Å². The molecule has 14 rings (SSSR count). The average Bonchev–Trinajstić information content (AvgIpc) is 1.33. The van der Waals surface area contributed by atoms with E-state index in [9.17, 15) is 19.6 Å². The maximum atomic E-state index is 12.4. The molecule has 2 aliphatic carbocycles. The van der Waals surface area contributed by atoms with Crippen molar-refractivity contribution in [1.29, 1.82) is 5.26 Å². The van der Waals surface area contributed by atoms with E-state index in [0.29, 0.717) is 89.4 Å². The van der Waals surface area contributed by atoms with Crippen LogP contribution in [0.2, 0.25) is 0 Å². The third-order valence-corrected chi connectivity index (χ3v) is 24.8. The number of nitrogens with one attached hydrogen (secondary N) is 1. The van der Waals surface area contributed by atoms with Gasteiger partial charge in [-0.25, -0.2) is 19.0 Å². The predicted octanol–water partition coefficient (Wildman–Crippen LogP) is 16.5. The molecule has 3 atom stereocenters. The third kappa shape index (κ3) is 23.7. The lowest BCUT2D eigenvalue weighted by Gasteiger charge is -2.38. The molecule has 1 N–H and O–H groups in total. The van der Waals surface area contributed by atoms with Crippen molar-refractivity contribution in [2.45, 2.75) is 237 Å². The van der Waals surface area contributed by atoms with Crippen LogP contribution in [0.15, 0.2) is 109 Å². The van der Waals surface area contributed by atoms with E-state index in [-0.39, 0.29) is 51.3 Å². The van der Waals surface area contributed by atoms with E-state index in [1.54, 1.807) is 49.0 Å². The Bertz CT molecular complexity index is 4750. The number of methoxy groups -OCH3 is 2. The standard InChI is InChI=1S/2C34H45N3O4.C30H37N5O2/c2*1-24-9-11-28(34(23-39-4)14-17-40-18-15-34)21-31(24)27(19-25(2)38)20-30-22-33(37(3)36-30)41-16-13-29-12-10-26-7-5-6-8-32(26)35-29;1-20(36)15-23(27-17-24(30(2,3)4)10-8-22(27)19-31)16-26-18-28(35(5)34-26)37-14-12-25-11-9-21-7-6-13-32-29(21)33-25/h2*9-12,21-22,27H,5-8,13-20,23H2,1-4H3;8-11,17-18,23H,6-7,12-16H2,1-5H3,(H,32,33)/t27-;;/m1../s1. The number of carbonyl (C=O) groups excluding carboxylic acids is 3. The zero-order valence-corrected chi connectivity index (χ0v) is 73.0. The summed E-state index contributed by atoms with van der Waals surface area (Å²) < 4.78 is 46.5. The van der Waals surface area contributed by atoms with Crippen LogP contribution in [0.5, 0.6) is 17.6 Å². The summed E-state index contributed by atoms with van der Waals surface area (Å²) in [5, 5.41) is 27.4. The summed E-state index contributed by atoms with van der Waals surface area (Å²) in [4.78, 5) is 51.6. The highest BCUT2D eigenvalue weighted by molar-refractivity contribution is 5.78. The van der Waals surface area contributed by atoms with Crippen molar-refractivity contribution < 1.29 is 47.5 Å². The van der Waals surface area contributed by atoms with Gasteiger partial charge in [0.2, 0.25) is 17.6 Å². The first-order chi connectivity index (χ1) is 57.4. The van der Waals surface area contributed by atoms with Gasteiger partial charge in [0, 0.05) is 164 Å². The van der Waals surface area contributed by atoms with Crippen molar-refractivity contribution in [3.05, 3.63) is 222 Å². The largest absolute Gasteiger partial charge is 0.477 e. The molecule has 5 aliphatic rings. The zero-order valence-electron chi connectivity index (χ0n) is 73.0. The lowest BCUT2D eigenvalue weighted by atomic mass is 9.73. The monoisotopic (exact) mass is 1620 g/mol. The summed E-state index contributed by atoms with van der Waals surface area (Å²) in [5.41, 5.74) is 22.3. The number of hydrogen-bond donors (Lipinski definition) is 1. The quantitative estimate of drug-likeness (QED) is 0.0402. The normalized spacial score (nSPS) is 16.1. The predicted molar refractivity (Wildman–Crippen MR) is 465 cm³/mol. The van der Waals surface area contributed by atoms with Crippen LogP contribution in [-0.4, -0.2) is 142 Å². The molecule has 0 saturated carbocycles. The van der Waals surface area contributed by atoms with Crippen LogP contribution in [-0.2, 0) is 141 Å². The maximum absolute atomic E-state index is 12.4. The third-order valence-electron chi connectivity index (χ3n) is 24.8. The van der Waals surface area contributed by atoms with Crippen molar-refractivity contribution >= 4 is 23.2 Å². The van der Waals surface area contributed by atoms with Crippen LogP contribution in [0.1, 0.15) is 249 Å². The van der Waals surface area contributed by atoms with Crippen LogP contribution in [0.25, 0.3) is 0 Å². The number of aryl methyl sites for hydroxylation is 10. The highest BCUT2D eigenvalue weighted by Crippen LogP contribution is 2.42. The van der Waals surface area contributed by atoms with Crippen LogP contribution < -0.4 is 19.5 Å². The summed E-state index contributed by atoms with van der Waals surface area (Å²) in [6, 6.07) is 40.8. The summed E-state index contributed by atoms with van der Waals surface area (Å²) in [6.45, 7) is 22.5. The number of Topliss-reactive ketones (excluding diaryl/α,β-unsaturated/α-hetero) is 3. The molecule has 2 fully saturated rings. The molecule has 6 aromatic heterocycles. The van der Waals surface area contributed by atoms with E-state index in [2.05, 4.69) is 130 Å². The van der Waals surface area contributed by atoms with E-state index >= 15 is 0 Å². The van der Waals surface area contributed by atoms with E-state index in [4.69, 9.17) is 58.3 Å². The number of nitrogens with zero attached hydrogens (tertiary/aromatic N) is 10. The number of rotatable bonds is 33. The van der Waals surface area contributed by atoms with Crippen molar-refractivity contribution in [3.63, 3.8) is 0 Å². The van der Waals surface area contributed by atoms with Crippen molar-refractivity contribution in [2.75, 3.05) is 85.5 Å². The van der Waals surface area contributed by atoms with Gasteiger partial charge in [-0.1, -0.05) is 87.5 Å². The number of aromatic nitrogens is 9. The Morgan fingerprint density at radius 3 is 1.29 bits per heavy atom. The number of ketones is 3. The minimum Gasteiger partial charge on any atom is -0.477 e. The Morgan fingerprint density at radius 1 is 0.487 bits per heavy atom. The number of fused-ring (bicyclic) bond motifs is 3. The molecule has 21 nitrogen and oxygen atoms in total. The van der Waals surface area contributed by atoms with Gasteiger partial charge in [-0.15, -0.1) is 0 Å². The SMILES string of the molecule is CC(=O)CC(Cc1cc(OCCc2ccc3c(n2)NCCC3)n(C)n1)c1cc(C(C)(C)C)ccc1C#N.COCC1(c2ccc(C)c(C(CC(C)=O)Cc3cc(OCCc4ccc5c(n4)CCCC5)n(C)n3)c2)CCOCC1.COCC1(c2ccc(C)c([C@H](CC(C)=O)Cc3cc(OCCc4ccc5c(n4)CCCC5)n(C)n3)c2)CCOCC1. The van der Waals surface area contributed by atoms with E-state index in [0.717, 1.165) is 173 Å². The summed E-state index contributed by atoms with van der Waals surface area (Å²) in [7, 11) is 9.24. The highest BCUT2D eigenvalue weighted by atomic mass is 16.5. The minimum absolute atomic E-state index is 0.0364. The molecule has 9 heterocycles. The Balaban J connectivity index is 0.000000164. The second-order valence-corrected chi connectivity index (χ2v) is 35.0. The van der Waals surface area contributed by atoms with E-state index in [1.807, 2.05) is 51.5 Å². The summed E-state index contributed by atoms with van der Waals surface area (Å²) in [6.07, 6.45) is 20.8. The number of ether oxygens (including phenoxy) is 7. The van der Waals surface area contributed by atoms with E-state index in [1.165, 1.54) is 87.1 Å². The van der Waals surface area contributed by atoms with Gasteiger partial charge in [-0.3, -0.25) is 9.97 Å². The number of anilines is 1. The molecule has 21 heteroatoms. The molecule has 3 aromatic carbocycles. The van der Waals surface area contributed by atoms with Crippen LogP contribution >= 0.6 is 0 Å². The fourth-order valence-electron chi connectivity index (χ4n) is 18.1. The van der Waals surface area contributed by atoms with Gasteiger partial charge in [0.25, 0.3) is 0 Å². The average molecular weight is 1620 g/mol. The molecular weight excluding hydrogens is 1490 g/mol. The molecule has 3 aliphatic heterocycles. The smallest absolute Gasteiger partial charge is 0.211 e. The maximum Gasteiger partial charge on any atom is 0.211 e. The molecule has 2 saturated heterocycles. The zero-order chi connectivity index (χ0) is 84.2. The second-order valence-electron chi connectivity index (χ2n) is 35.0. The van der Waals surface area contributed by atoms with E-state index < -0.39 is 0 Å². The molecule has 0 amide bonds. The number of nitriles is 1. The molecule has 9 aromatic rings. The van der Waals surface area contributed by atoms with Gasteiger partial charge in [0.15, 0.2) is 0 Å². The molecule has 0 radical (unpaired) electrons. The van der Waals surface area contributed by atoms with Gasteiger partial charge in [-0.05, 0) is 252 Å². The second kappa shape index (κ2) is 41.5. The van der Waals surface area contributed by atoms with Crippen molar-refractivity contribution in [3.8, 4) is 23.7 Å². The highest BCUT2D eigenvalue weighted by Gasteiger charge is 2.38. The summed E-state index contributed by atoms with van der Waals surface area (Å²) in [5.74, 6) is 3.55. The van der Waals surface area contributed by atoms with Gasteiger partial charge in [0.1, 0.15) is 23.2 Å². The van der Waals surface area contributed by atoms with Crippen LogP contribution in [0, 0.1) is 25.2 Å².